The Morgan fingerprint density at radius 3 is 2.44 bits per heavy atom. The summed E-state index contributed by atoms with van der Waals surface area (Å²) < 4.78 is 11.4. The monoisotopic (exact) mass is 507 g/mol. The summed E-state index contributed by atoms with van der Waals surface area (Å²) in [6, 6.07) is 19.2. The molecule has 0 saturated heterocycles. The summed E-state index contributed by atoms with van der Waals surface area (Å²) in [5.41, 5.74) is 5.86. The highest BCUT2D eigenvalue weighted by atomic mass is 35.5. The van der Waals surface area contributed by atoms with Gasteiger partial charge in [0.2, 0.25) is 0 Å². The molecule has 36 heavy (non-hydrogen) atoms. The summed E-state index contributed by atoms with van der Waals surface area (Å²) in [5.74, 6) is 0.212. The molecule has 8 heteroatoms. The topological polar surface area (TPSA) is 89.0 Å². The Labute approximate surface area is 216 Å². The van der Waals surface area contributed by atoms with Gasteiger partial charge >= 0.3 is 0 Å². The standard InChI is InChI=1S/C28H30ClN3O4/c1-18(2)26(31-27(33)22-9-11-23(29)12-10-22)28(34)32-30-16-20-8-13-24(25(15-20)35-4)36-17-21-7-5-6-19(3)14-21/h5-16,18,26H,17H2,1-4H3,(H,31,33)(H,32,34)/b30-16-. The van der Waals surface area contributed by atoms with Crippen molar-refractivity contribution in [2.24, 2.45) is 11.0 Å². The van der Waals surface area contributed by atoms with Gasteiger partial charge < -0.3 is 14.8 Å². The summed E-state index contributed by atoms with van der Waals surface area (Å²) >= 11 is 5.88. The molecule has 0 radical (unpaired) electrons. The van der Waals surface area contributed by atoms with Crippen molar-refractivity contribution in [2.45, 2.75) is 33.4 Å². The van der Waals surface area contributed by atoms with Crippen molar-refractivity contribution in [3.8, 4) is 11.5 Å². The van der Waals surface area contributed by atoms with Crippen LogP contribution in [-0.2, 0) is 11.4 Å². The molecule has 1 atom stereocenters. The van der Waals surface area contributed by atoms with Crippen molar-refractivity contribution in [3.05, 3.63) is 94.0 Å². The van der Waals surface area contributed by atoms with Crippen LogP contribution in [0.15, 0.2) is 71.8 Å². The SMILES string of the molecule is COc1cc(/C=N\NC(=O)C(NC(=O)c2ccc(Cl)cc2)C(C)C)ccc1OCc1cccc(C)c1. The Morgan fingerprint density at radius 2 is 1.78 bits per heavy atom. The van der Waals surface area contributed by atoms with Crippen LogP contribution in [0.2, 0.25) is 5.02 Å². The van der Waals surface area contributed by atoms with Crippen LogP contribution in [0, 0.1) is 12.8 Å². The first-order valence-electron chi connectivity index (χ1n) is 11.5. The van der Waals surface area contributed by atoms with E-state index in [4.69, 9.17) is 21.1 Å². The van der Waals surface area contributed by atoms with Gasteiger partial charge in [0.05, 0.1) is 13.3 Å². The number of carbonyl (C=O) groups is 2. The maximum Gasteiger partial charge on any atom is 0.262 e. The van der Waals surface area contributed by atoms with Crippen LogP contribution < -0.4 is 20.2 Å². The predicted octanol–water partition coefficient (Wildman–Crippen LogP) is 5.14. The number of benzene rings is 3. The van der Waals surface area contributed by atoms with Gasteiger partial charge in [0.25, 0.3) is 11.8 Å². The largest absolute Gasteiger partial charge is 0.493 e. The molecule has 3 rings (SSSR count). The molecule has 0 saturated carbocycles. The summed E-state index contributed by atoms with van der Waals surface area (Å²) in [6.07, 6.45) is 1.50. The lowest BCUT2D eigenvalue weighted by Crippen LogP contribution is -2.48. The van der Waals surface area contributed by atoms with E-state index in [-0.39, 0.29) is 11.8 Å². The molecule has 3 aromatic carbocycles. The number of hydrogen-bond acceptors (Lipinski definition) is 5. The van der Waals surface area contributed by atoms with Gasteiger partial charge in [0.1, 0.15) is 12.6 Å². The first kappa shape index (κ1) is 26.8. The molecule has 0 heterocycles. The lowest BCUT2D eigenvalue weighted by molar-refractivity contribution is -0.123. The molecule has 0 aliphatic carbocycles. The maximum atomic E-state index is 12.7. The maximum absolute atomic E-state index is 12.7. The van der Waals surface area contributed by atoms with Crippen LogP contribution in [0.25, 0.3) is 0 Å². The van der Waals surface area contributed by atoms with Gasteiger partial charge in [-0.1, -0.05) is 55.3 Å². The molecule has 2 N–H and O–H groups in total. The molecular formula is C28H30ClN3O4. The van der Waals surface area contributed by atoms with E-state index in [9.17, 15) is 9.59 Å². The summed E-state index contributed by atoms with van der Waals surface area (Å²) in [4.78, 5) is 25.2. The van der Waals surface area contributed by atoms with E-state index in [1.165, 1.54) is 11.8 Å². The van der Waals surface area contributed by atoms with E-state index in [0.29, 0.717) is 34.3 Å². The summed E-state index contributed by atoms with van der Waals surface area (Å²) in [5, 5.41) is 7.34. The minimum Gasteiger partial charge on any atom is -0.493 e. The van der Waals surface area contributed by atoms with E-state index in [1.807, 2.05) is 45.0 Å². The second-order valence-electron chi connectivity index (χ2n) is 8.62. The van der Waals surface area contributed by atoms with Crippen LogP contribution in [0.4, 0.5) is 0 Å². The number of aryl methyl sites for hydroxylation is 1. The van der Waals surface area contributed by atoms with E-state index in [1.54, 1.807) is 43.5 Å². The number of hydrazone groups is 1. The van der Waals surface area contributed by atoms with E-state index in [2.05, 4.69) is 21.9 Å². The number of ether oxygens (including phenoxy) is 2. The fourth-order valence-corrected chi connectivity index (χ4v) is 3.57. The first-order chi connectivity index (χ1) is 17.3. The van der Waals surface area contributed by atoms with Crippen molar-refractivity contribution in [3.63, 3.8) is 0 Å². The van der Waals surface area contributed by atoms with Gasteiger partial charge in [0.15, 0.2) is 11.5 Å². The van der Waals surface area contributed by atoms with Crippen LogP contribution in [0.1, 0.15) is 40.9 Å². The summed E-state index contributed by atoms with van der Waals surface area (Å²) in [6.45, 7) is 6.14. The van der Waals surface area contributed by atoms with E-state index in [0.717, 1.165) is 5.56 Å². The molecule has 2 amide bonds. The number of amides is 2. The molecule has 0 fully saturated rings. The zero-order chi connectivity index (χ0) is 26.1. The average Bonchev–Trinajstić information content (AvgIpc) is 2.86. The molecule has 1 unspecified atom stereocenters. The van der Waals surface area contributed by atoms with Gasteiger partial charge in [-0.15, -0.1) is 0 Å². The van der Waals surface area contributed by atoms with Crippen LogP contribution in [0.5, 0.6) is 11.5 Å². The zero-order valence-electron chi connectivity index (χ0n) is 20.7. The molecule has 0 aliphatic heterocycles. The van der Waals surface area contributed by atoms with E-state index < -0.39 is 11.9 Å². The smallest absolute Gasteiger partial charge is 0.262 e. The lowest BCUT2D eigenvalue weighted by atomic mass is 10.0. The third-order valence-corrected chi connectivity index (χ3v) is 5.65. The lowest BCUT2D eigenvalue weighted by Gasteiger charge is -2.20. The number of carbonyl (C=O) groups excluding carboxylic acids is 2. The Hall–Kier alpha value is -3.84. The Bertz CT molecular complexity index is 1230. The molecule has 3 aromatic rings. The fourth-order valence-electron chi connectivity index (χ4n) is 3.45. The van der Waals surface area contributed by atoms with Crippen LogP contribution >= 0.6 is 11.6 Å². The molecule has 0 aliphatic rings. The molecule has 0 bridgehead atoms. The van der Waals surface area contributed by atoms with Gasteiger partial charge in [-0.2, -0.15) is 5.10 Å². The van der Waals surface area contributed by atoms with Crippen LogP contribution in [0.3, 0.4) is 0 Å². The second kappa shape index (κ2) is 12.7. The van der Waals surface area contributed by atoms with Crippen molar-refractivity contribution < 1.29 is 19.1 Å². The number of halogens is 1. The highest BCUT2D eigenvalue weighted by molar-refractivity contribution is 6.30. The van der Waals surface area contributed by atoms with Gasteiger partial charge in [-0.05, 0) is 66.4 Å². The molecule has 7 nitrogen and oxygen atoms in total. The van der Waals surface area contributed by atoms with E-state index >= 15 is 0 Å². The molecule has 188 valence electrons. The number of rotatable bonds is 10. The molecular weight excluding hydrogens is 478 g/mol. The highest BCUT2D eigenvalue weighted by Gasteiger charge is 2.24. The average molecular weight is 508 g/mol. The number of nitrogens with zero attached hydrogens (tertiary/aromatic N) is 1. The van der Waals surface area contributed by atoms with Crippen LogP contribution in [-0.4, -0.2) is 31.2 Å². The van der Waals surface area contributed by atoms with Crippen molar-refractivity contribution in [2.75, 3.05) is 7.11 Å². The van der Waals surface area contributed by atoms with Gasteiger partial charge in [0, 0.05) is 10.6 Å². The predicted molar refractivity (Wildman–Crippen MR) is 142 cm³/mol. The minimum absolute atomic E-state index is 0.152. The van der Waals surface area contributed by atoms with Gasteiger partial charge in [-0.3, -0.25) is 9.59 Å². The Morgan fingerprint density at radius 1 is 1.03 bits per heavy atom. The number of methoxy groups -OCH3 is 1. The third-order valence-electron chi connectivity index (χ3n) is 5.40. The zero-order valence-corrected chi connectivity index (χ0v) is 21.5. The molecule has 0 spiro atoms. The quantitative estimate of drug-likeness (QED) is 0.294. The highest BCUT2D eigenvalue weighted by Crippen LogP contribution is 2.28. The Kier molecular flexibility index (Phi) is 9.47. The minimum atomic E-state index is -0.766. The third kappa shape index (κ3) is 7.58. The summed E-state index contributed by atoms with van der Waals surface area (Å²) in [7, 11) is 1.56. The van der Waals surface area contributed by atoms with Crippen molar-refractivity contribution in [1.29, 1.82) is 0 Å². The van der Waals surface area contributed by atoms with Crippen molar-refractivity contribution >= 4 is 29.6 Å². The Balaban J connectivity index is 1.60. The normalized spacial score (nSPS) is 11.8. The first-order valence-corrected chi connectivity index (χ1v) is 11.9. The van der Waals surface area contributed by atoms with Crippen molar-refractivity contribution in [1.82, 2.24) is 10.7 Å². The molecule has 0 aromatic heterocycles. The number of nitrogens with one attached hydrogen (secondary N) is 2. The second-order valence-corrected chi connectivity index (χ2v) is 9.06. The fraction of sp³-hybridized carbons (Fsp3) is 0.250. The van der Waals surface area contributed by atoms with Gasteiger partial charge in [-0.25, -0.2) is 5.43 Å². The number of hydrogen-bond donors (Lipinski definition) is 2.